The molecule has 2 aromatic rings. The monoisotopic (exact) mass is 404 g/mol. The van der Waals surface area contributed by atoms with Crippen LogP contribution in [0.5, 0.6) is 11.5 Å². The van der Waals surface area contributed by atoms with Crippen molar-refractivity contribution < 1.29 is 19.1 Å². The fraction of sp³-hybridized carbons (Fsp3) is 0.333. The Hall–Kier alpha value is -3.46. The van der Waals surface area contributed by atoms with Gasteiger partial charge in [0.1, 0.15) is 19.3 Å². The van der Waals surface area contributed by atoms with Crippen LogP contribution < -0.4 is 19.7 Å². The lowest BCUT2D eigenvalue weighted by Gasteiger charge is -2.31. The van der Waals surface area contributed by atoms with Gasteiger partial charge in [-0.25, -0.2) is 0 Å². The summed E-state index contributed by atoms with van der Waals surface area (Å²) in [5, 5.41) is 3.11. The Kier molecular flexibility index (Phi) is 5.89. The molecule has 2 aromatic carbocycles. The lowest BCUT2D eigenvalue weighted by Crippen LogP contribution is -2.46. The van der Waals surface area contributed by atoms with Gasteiger partial charge in [-0.1, -0.05) is 43.2 Å². The van der Waals surface area contributed by atoms with E-state index in [0.717, 1.165) is 25.7 Å². The maximum Gasteiger partial charge on any atom is 0.303 e. The lowest BCUT2D eigenvalue weighted by atomic mass is 10.0. The summed E-state index contributed by atoms with van der Waals surface area (Å²) in [4.78, 5) is 27.6. The first kappa shape index (κ1) is 19.8. The molecule has 0 radical (unpaired) electrons. The summed E-state index contributed by atoms with van der Waals surface area (Å²) < 4.78 is 11.2. The number of hydrogen-bond donors (Lipinski definition) is 1. The van der Waals surface area contributed by atoms with Gasteiger partial charge >= 0.3 is 5.91 Å². The molecule has 1 fully saturated rings. The van der Waals surface area contributed by atoms with Gasteiger partial charge in [-0.05, 0) is 36.5 Å². The molecule has 6 nitrogen and oxygen atoms in total. The fourth-order valence-electron chi connectivity index (χ4n) is 4.04. The molecule has 1 heterocycles. The Bertz CT molecular complexity index is 961. The van der Waals surface area contributed by atoms with Crippen molar-refractivity contribution in [1.29, 1.82) is 0 Å². The van der Waals surface area contributed by atoms with E-state index in [1.54, 1.807) is 18.2 Å². The fourth-order valence-corrected chi connectivity index (χ4v) is 4.04. The van der Waals surface area contributed by atoms with E-state index in [2.05, 4.69) is 11.2 Å². The molecule has 0 aromatic heterocycles. The van der Waals surface area contributed by atoms with Gasteiger partial charge in [0.2, 0.25) is 5.91 Å². The SMILES string of the molecule is C#CC(=O)N(c1ccc2c(c1)OCCO2)[C@@H](C(=O)NC1CCCC1)c1ccccc1. The van der Waals surface area contributed by atoms with E-state index in [-0.39, 0.29) is 11.9 Å². The van der Waals surface area contributed by atoms with Crippen LogP contribution in [0.4, 0.5) is 5.69 Å². The number of hydrogen-bond acceptors (Lipinski definition) is 4. The van der Waals surface area contributed by atoms with Gasteiger partial charge in [-0.2, -0.15) is 0 Å². The highest BCUT2D eigenvalue weighted by molar-refractivity contribution is 6.09. The van der Waals surface area contributed by atoms with Crippen LogP contribution in [-0.4, -0.2) is 31.1 Å². The number of nitrogens with one attached hydrogen (secondary N) is 1. The number of ether oxygens (including phenoxy) is 2. The Balaban J connectivity index is 1.75. The number of benzene rings is 2. The zero-order valence-electron chi connectivity index (χ0n) is 16.7. The summed E-state index contributed by atoms with van der Waals surface area (Å²) in [5.41, 5.74) is 1.17. The van der Waals surface area contributed by atoms with Gasteiger partial charge in [0, 0.05) is 17.8 Å². The van der Waals surface area contributed by atoms with E-state index in [1.165, 1.54) is 4.90 Å². The van der Waals surface area contributed by atoms with E-state index in [4.69, 9.17) is 15.9 Å². The zero-order chi connectivity index (χ0) is 20.9. The number of rotatable bonds is 5. The molecule has 6 heteroatoms. The molecule has 1 atom stereocenters. The Labute approximate surface area is 176 Å². The average Bonchev–Trinajstić information content (AvgIpc) is 3.30. The lowest BCUT2D eigenvalue weighted by molar-refractivity contribution is -0.125. The molecule has 2 amide bonds. The van der Waals surface area contributed by atoms with E-state index in [9.17, 15) is 9.59 Å². The standard InChI is InChI=1S/C24H24N2O4/c1-2-22(27)26(19-12-13-20-21(16-19)30-15-14-29-20)23(17-8-4-3-5-9-17)24(28)25-18-10-6-7-11-18/h1,3-5,8-9,12-13,16,18,23H,6-7,10-11,14-15H2,(H,25,28)/t23-/m1/s1. The molecule has 0 unspecified atom stereocenters. The molecule has 154 valence electrons. The van der Waals surface area contributed by atoms with Crippen LogP contribution in [0.2, 0.25) is 0 Å². The topological polar surface area (TPSA) is 67.9 Å². The Morgan fingerprint density at radius 2 is 1.73 bits per heavy atom. The third-order valence-electron chi connectivity index (χ3n) is 5.47. The van der Waals surface area contributed by atoms with Crippen molar-refractivity contribution in [3.8, 4) is 23.8 Å². The van der Waals surface area contributed by atoms with Crippen molar-refractivity contribution in [2.45, 2.75) is 37.8 Å². The smallest absolute Gasteiger partial charge is 0.303 e. The Morgan fingerprint density at radius 1 is 1.03 bits per heavy atom. The van der Waals surface area contributed by atoms with Gasteiger partial charge < -0.3 is 14.8 Å². The summed E-state index contributed by atoms with van der Waals surface area (Å²) in [6.45, 7) is 0.888. The van der Waals surface area contributed by atoms with Crippen LogP contribution in [-0.2, 0) is 9.59 Å². The highest BCUT2D eigenvalue weighted by Gasteiger charge is 2.34. The van der Waals surface area contributed by atoms with Gasteiger partial charge in [-0.15, -0.1) is 6.42 Å². The zero-order valence-corrected chi connectivity index (χ0v) is 16.7. The minimum atomic E-state index is -0.891. The second-order valence-corrected chi connectivity index (χ2v) is 7.45. The van der Waals surface area contributed by atoms with Gasteiger partial charge in [-0.3, -0.25) is 14.5 Å². The van der Waals surface area contributed by atoms with E-state index in [0.29, 0.717) is 36.0 Å². The van der Waals surface area contributed by atoms with Crippen LogP contribution >= 0.6 is 0 Å². The van der Waals surface area contributed by atoms with Crippen molar-refractivity contribution in [1.82, 2.24) is 5.32 Å². The maximum atomic E-state index is 13.4. The number of carbonyl (C=O) groups excluding carboxylic acids is 2. The van der Waals surface area contributed by atoms with Crippen LogP contribution in [0.1, 0.15) is 37.3 Å². The molecule has 1 aliphatic heterocycles. The number of nitrogens with zero attached hydrogens (tertiary/aromatic N) is 1. The predicted molar refractivity (Wildman–Crippen MR) is 113 cm³/mol. The van der Waals surface area contributed by atoms with Crippen molar-refractivity contribution in [3.05, 3.63) is 54.1 Å². The molecule has 1 aliphatic carbocycles. The largest absolute Gasteiger partial charge is 0.486 e. The summed E-state index contributed by atoms with van der Waals surface area (Å²) in [6, 6.07) is 13.6. The minimum Gasteiger partial charge on any atom is -0.486 e. The second kappa shape index (κ2) is 8.91. The average molecular weight is 404 g/mol. The third kappa shape index (κ3) is 4.11. The number of anilines is 1. The van der Waals surface area contributed by atoms with Crippen molar-refractivity contribution in [2.75, 3.05) is 18.1 Å². The maximum absolute atomic E-state index is 13.4. The van der Waals surface area contributed by atoms with E-state index in [1.807, 2.05) is 30.3 Å². The van der Waals surface area contributed by atoms with E-state index >= 15 is 0 Å². The molecule has 0 spiro atoms. The molecule has 0 bridgehead atoms. The molecule has 0 saturated heterocycles. The van der Waals surface area contributed by atoms with Gasteiger partial charge in [0.25, 0.3) is 0 Å². The number of fused-ring (bicyclic) bond motifs is 1. The molecule has 2 aliphatic rings. The molecule has 4 rings (SSSR count). The second-order valence-electron chi connectivity index (χ2n) is 7.45. The highest BCUT2D eigenvalue weighted by Crippen LogP contribution is 2.37. The number of carbonyl (C=O) groups is 2. The van der Waals surface area contributed by atoms with E-state index < -0.39 is 11.9 Å². The van der Waals surface area contributed by atoms with Crippen molar-refractivity contribution in [2.24, 2.45) is 0 Å². The van der Waals surface area contributed by atoms with Crippen molar-refractivity contribution in [3.63, 3.8) is 0 Å². The normalized spacial score (nSPS) is 16.4. The molecular weight excluding hydrogens is 380 g/mol. The van der Waals surface area contributed by atoms with Gasteiger partial charge in [0.05, 0.1) is 0 Å². The minimum absolute atomic E-state index is 0.117. The summed E-state index contributed by atoms with van der Waals surface area (Å²) in [7, 11) is 0. The van der Waals surface area contributed by atoms with Crippen LogP contribution in [0.25, 0.3) is 0 Å². The third-order valence-corrected chi connectivity index (χ3v) is 5.47. The van der Waals surface area contributed by atoms with Crippen molar-refractivity contribution >= 4 is 17.5 Å². The Morgan fingerprint density at radius 3 is 2.43 bits per heavy atom. The molecule has 1 saturated carbocycles. The van der Waals surface area contributed by atoms with Crippen LogP contribution in [0.3, 0.4) is 0 Å². The molecule has 30 heavy (non-hydrogen) atoms. The summed E-state index contributed by atoms with van der Waals surface area (Å²) in [5.74, 6) is 2.46. The predicted octanol–water partition coefficient (Wildman–Crippen LogP) is 3.22. The van der Waals surface area contributed by atoms with Gasteiger partial charge in [0.15, 0.2) is 11.5 Å². The molecule has 1 N–H and O–H groups in total. The highest BCUT2D eigenvalue weighted by atomic mass is 16.6. The summed E-state index contributed by atoms with van der Waals surface area (Å²) in [6.07, 6.45) is 9.58. The first-order valence-corrected chi connectivity index (χ1v) is 10.2. The van der Waals surface area contributed by atoms with Crippen LogP contribution in [0, 0.1) is 12.3 Å². The first-order chi connectivity index (χ1) is 14.7. The summed E-state index contributed by atoms with van der Waals surface area (Å²) >= 11 is 0. The first-order valence-electron chi connectivity index (χ1n) is 10.2. The molecular formula is C24H24N2O4. The quantitative estimate of drug-likeness (QED) is 0.777. The van der Waals surface area contributed by atoms with Crippen LogP contribution in [0.15, 0.2) is 48.5 Å². The number of amides is 2. The number of terminal acetylenes is 1.